The summed E-state index contributed by atoms with van der Waals surface area (Å²) in [7, 11) is 0. The molecule has 0 N–H and O–H groups in total. The van der Waals surface area contributed by atoms with E-state index in [1.54, 1.807) is 0 Å². The van der Waals surface area contributed by atoms with E-state index in [1.807, 2.05) is 34.9 Å². The van der Waals surface area contributed by atoms with Crippen LogP contribution in [0.5, 0.6) is 0 Å². The van der Waals surface area contributed by atoms with E-state index < -0.39 is 11.6 Å². The van der Waals surface area contributed by atoms with E-state index in [4.69, 9.17) is 5.26 Å². The summed E-state index contributed by atoms with van der Waals surface area (Å²) in [5.41, 5.74) is 2.07. The molecule has 2 aromatic carbocycles. The number of nitriles is 1. The zero-order valence-electron chi connectivity index (χ0n) is 12.5. The zero-order chi connectivity index (χ0) is 16.2. The molecule has 0 aliphatic heterocycles. The summed E-state index contributed by atoms with van der Waals surface area (Å²) in [6.07, 6.45) is 1.63. The Morgan fingerprint density at radius 1 is 1.09 bits per heavy atom. The van der Waals surface area contributed by atoms with Gasteiger partial charge in [-0.2, -0.15) is 5.26 Å². The molecule has 23 heavy (non-hydrogen) atoms. The Bertz CT molecular complexity index is 863. The molecule has 0 saturated carbocycles. The van der Waals surface area contributed by atoms with Crippen LogP contribution in [0.3, 0.4) is 0 Å². The SMILES string of the molecule is N#CCCCn1c(Cc2ccccc2)nc2cc(F)c(F)cc21. The van der Waals surface area contributed by atoms with Crippen molar-refractivity contribution < 1.29 is 8.78 Å². The largest absolute Gasteiger partial charge is 0.328 e. The van der Waals surface area contributed by atoms with Crippen LogP contribution in [0.2, 0.25) is 0 Å². The maximum absolute atomic E-state index is 13.6. The first-order chi connectivity index (χ1) is 11.2. The van der Waals surface area contributed by atoms with Gasteiger partial charge in [0.25, 0.3) is 0 Å². The van der Waals surface area contributed by atoms with Crippen molar-refractivity contribution in [1.29, 1.82) is 5.26 Å². The van der Waals surface area contributed by atoms with E-state index in [0.29, 0.717) is 36.8 Å². The molecule has 1 heterocycles. The molecular weight excluding hydrogens is 296 g/mol. The van der Waals surface area contributed by atoms with Crippen molar-refractivity contribution in [2.75, 3.05) is 0 Å². The minimum absolute atomic E-state index is 0.411. The van der Waals surface area contributed by atoms with Gasteiger partial charge in [0.05, 0.1) is 17.1 Å². The Morgan fingerprint density at radius 2 is 1.83 bits per heavy atom. The third kappa shape index (κ3) is 3.21. The predicted molar refractivity (Wildman–Crippen MR) is 83.7 cm³/mol. The van der Waals surface area contributed by atoms with Gasteiger partial charge in [-0.3, -0.25) is 0 Å². The Hall–Kier alpha value is -2.74. The van der Waals surface area contributed by atoms with Crippen LogP contribution < -0.4 is 0 Å². The fourth-order valence-corrected chi connectivity index (χ4v) is 2.65. The van der Waals surface area contributed by atoms with Gasteiger partial charge in [0.2, 0.25) is 0 Å². The van der Waals surface area contributed by atoms with Crippen molar-refractivity contribution in [3.05, 3.63) is 65.5 Å². The van der Waals surface area contributed by atoms with Crippen LogP contribution in [0.4, 0.5) is 8.78 Å². The van der Waals surface area contributed by atoms with Gasteiger partial charge in [-0.15, -0.1) is 0 Å². The van der Waals surface area contributed by atoms with E-state index in [0.717, 1.165) is 17.5 Å². The number of aromatic nitrogens is 2. The van der Waals surface area contributed by atoms with Crippen LogP contribution in [0.1, 0.15) is 24.2 Å². The second-order valence-electron chi connectivity index (χ2n) is 5.36. The first kappa shape index (κ1) is 15.2. The number of benzene rings is 2. The van der Waals surface area contributed by atoms with Gasteiger partial charge in [-0.05, 0) is 12.0 Å². The van der Waals surface area contributed by atoms with Gasteiger partial charge in [0.1, 0.15) is 5.82 Å². The average Bonchev–Trinajstić information content (AvgIpc) is 2.86. The quantitative estimate of drug-likeness (QED) is 0.662. The number of unbranched alkanes of at least 4 members (excludes halogenated alkanes) is 1. The maximum Gasteiger partial charge on any atom is 0.161 e. The summed E-state index contributed by atoms with van der Waals surface area (Å²) in [6.45, 7) is 0.553. The molecule has 0 amide bonds. The molecule has 1 aromatic heterocycles. The third-order valence-electron chi connectivity index (χ3n) is 3.74. The van der Waals surface area contributed by atoms with Crippen molar-refractivity contribution in [3.63, 3.8) is 0 Å². The van der Waals surface area contributed by atoms with Gasteiger partial charge in [-0.25, -0.2) is 13.8 Å². The Labute approximate surface area is 132 Å². The normalized spacial score (nSPS) is 10.8. The monoisotopic (exact) mass is 311 g/mol. The van der Waals surface area contributed by atoms with Crippen LogP contribution in [-0.2, 0) is 13.0 Å². The first-order valence-corrected chi connectivity index (χ1v) is 7.44. The van der Waals surface area contributed by atoms with E-state index >= 15 is 0 Å². The number of hydrogen-bond donors (Lipinski definition) is 0. The highest BCUT2D eigenvalue weighted by molar-refractivity contribution is 5.76. The van der Waals surface area contributed by atoms with Crippen LogP contribution in [0.25, 0.3) is 11.0 Å². The summed E-state index contributed by atoms with van der Waals surface area (Å²) in [6, 6.07) is 14.2. The van der Waals surface area contributed by atoms with E-state index in [9.17, 15) is 8.78 Å². The van der Waals surface area contributed by atoms with Crippen molar-refractivity contribution in [2.45, 2.75) is 25.8 Å². The molecule has 3 nitrogen and oxygen atoms in total. The van der Waals surface area contributed by atoms with E-state index in [1.165, 1.54) is 6.07 Å². The highest BCUT2D eigenvalue weighted by Gasteiger charge is 2.14. The molecule has 0 aliphatic carbocycles. The number of hydrogen-bond acceptors (Lipinski definition) is 2. The minimum atomic E-state index is -0.898. The van der Waals surface area contributed by atoms with E-state index in [-0.39, 0.29) is 0 Å². The summed E-state index contributed by atoms with van der Waals surface area (Å²) >= 11 is 0. The van der Waals surface area contributed by atoms with Crippen molar-refractivity contribution in [2.24, 2.45) is 0 Å². The van der Waals surface area contributed by atoms with Gasteiger partial charge in [0.15, 0.2) is 11.6 Å². The molecule has 0 spiro atoms. The fraction of sp³-hybridized carbons (Fsp3) is 0.222. The molecule has 0 fully saturated rings. The van der Waals surface area contributed by atoms with Gasteiger partial charge < -0.3 is 4.57 Å². The van der Waals surface area contributed by atoms with Crippen LogP contribution >= 0.6 is 0 Å². The second-order valence-corrected chi connectivity index (χ2v) is 5.36. The van der Waals surface area contributed by atoms with Gasteiger partial charge >= 0.3 is 0 Å². The highest BCUT2D eigenvalue weighted by atomic mass is 19.2. The molecule has 116 valence electrons. The molecule has 0 saturated heterocycles. The van der Waals surface area contributed by atoms with Gasteiger partial charge in [0, 0.05) is 31.5 Å². The van der Waals surface area contributed by atoms with E-state index in [2.05, 4.69) is 11.1 Å². The molecule has 0 radical (unpaired) electrons. The zero-order valence-corrected chi connectivity index (χ0v) is 12.5. The summed E-state index contributed by atoms with van der Waals surface area (Å²) in [4.78, 5) is 4.46. The molecule has 3 rings (SSSR count). The second kappa shape index (κ2) is 6.57. The lowest BCUT2D eigenvalue weighted by Gasteiger charge is -2.08. The first-order valence-electron chi connectivity index (χ1n) is 7.44. The number of aryl methyl sites for hydroxylation is 1. The summed E-state index contributed by atoms with van der Waals surface area (Å²) in [5.74, 6) is -1.04. The molecule has 0 atom stereocenters. The lowest BCUT2D eigenvalue weighted by molar-refractivity contribution is 0.510. The van der Waals surface area contributed by atoms with Crippen molar-refractivity contribution in [1.82, 2.24) is 9.55 Å². The highest BCUT2D eigenvalue weighted by Crippen LogP contribution is 2.22. The number of imidazole rings is 1. The minimum Gasteiger partial charge on any atom is -0.328 e. The van der Waals surface area contributed by atoms with Crippen LogP contribution in [-0.4, -0.2) is 9.55 Å². The lowest BCUT2D eigenvalue weighted by atomic mass is 10.1. The standard InChI is InChI=1S/C18H15F2N3/c19-14-11-16-17(12-15(14)20)23(9-5-4-8-21)18(22-16)10-13-6-2-1-3-7-13/h1-3,6-7,11-12H,4-5,9-10H2. The number of nitrogens with zero attached hydrogens (tertiary/aromatic N) is 3. The fourth-order valence-electron chi connectivity index (χ4n) is 2.65. The smallest absolute Gasteiger partial charge is 0.161 e. The third-order valence-corrected chi connectivity index (χ3v) is 3.74. The molecule has 0 unspecified atom stereocenters. The van der Waals surface area contributed by atoms with Crippen LogP contribution in [0, 0.1) is 23.0 Å². The Morgan fingerprint density at radius 3 is 2.57 bits per heavy atom. The van der Waals surface area contributed by atoms with Crippen molar-refractivity contribution >= 4 is 11.0 Å². The summed E-state index contributed by atoms with van der Waals surface area (Å²) < 4.78 is 28.9. The number of halogens is 2. The summed E-state index contributed by atoms with van der Waals surface area (Å²) in [5, 5.41) is 8.71. The lowest BCUT2D eigenvalue weighted by Crippen LogP contribution is -2.05. The maximum atomic E-state index is 13.6. The number of fused-ring (bicyclic) bond motifs is 1. The average molecular weight is 311 g/mol. The molecule has 0 bridgehead atoms. The number of rotatable bonds is 5. The molecule has 5 heteroatoms. The molecule has 0 aliphatic rings. The topological polar surface area (TPSA) is 41.6 Å². The van der Waals surface area contributed by atoms with Crippen LogP contribution in [0.15, 0.2) is 42.5 Å². The van der Waals surface area contributed by atoms with Crippen molar-refractivity contribution in [3.8, 4) is 6.07 Å². The Balaban J connectivity index is 2.04. The Kier molecular flexibility index (Phi) is 4.33. The molecule has 3 aromatic rings. The molecular formula is C18H15F2N3. The predicted octanol–water partition coefficient (Wildman–Crippen LogP) is 4.21. The van der Waals surface area contributed by atoms with Gasteiger partial charge in [-0.1, -0.05) is 30.3 Å².